The molecule has 17 heavy (non-hydrogen) atoms. The minimum atomic E-state index is 0.305. The van der Waals surface area contributed by atoms with Gasteiger partial charge in [-0.15, -0.1) is 11.3 Å². The highest BCUT2D eigenvalue weighted by molar-refractivity contribution is 7.11. The number of rotatable bonds is 2. The molecule has 2 nitrogen and oxygen atoms in total. The van der Waals surface area contributed by atoms with E-state index in [0.717, 1.165) is 22.8 Å². The highest BCUT2D eigenvalue weighted by Crippen LogP contribution is 2.33. The molecule has 0 saturated carbocycles. The highest BCUT2D eigenvalue weighted by Gasteiger charge is 2.19. The molecule has 2 aromatic rings. The Labute approximate surface area is 104 Å². The van der Waals surface area contributed by atoms with Crippen LogP contribution in [0.25, 0.3) is 0 Å². The Balaban J connectivity index is 1.97. The Hall–Kier alpha value is -1.61. The number of benzene rings is 1. The van der Waals surface area contributed by atoms with Crippen molar-refractivity contribution in [1.29, 1.82) is 0 Å². The Kier molecular flexibility index (Phi) is 2.69. The molecule has 0 radical (unpaired) electrons. The summed E-state index contributed by atoms with van der Waals surface area (Å²) in [5.41, 5.74) is 2.32. The lowest BCUT2D eigenvalue weighted by molar-refractivity contribution is -0.118. The van der Waals surface area contributed by atoms with Crippen molar-refractivity contribution in [2.45, 2.75) is 19.3 Å². The number of hydrogen-bond acceptors (Lipinski definition) is 3. The molecule has 1 aromatic heterocycles. The number of ether oxygens (including phenoxy) is 1. The Morgan fingerprint density at radius 2 is 2.06 bits per heavy atom. The summed E-state index contributed by atoms with van der Waals surface area (Å²) in [6, 6.07) is 9.92. The molecular weight excluding hydrogens is 232 g/mol. The third-order valence-corrected chi connectivity index (χ3v) is 3.73. The van der Waals surface area contributed by atoms with Crippen LogP contribution in [-0.4, -0.2) is 5.78 Å². The van der Waals surface area contributed by atoms with E-state index in [9.17, 15) is 4.79 Å². The molecule has 0 aliphatic heterocycles. The van der Waals surface area contributed by atoms with Gasteiger partial charge < -0.3 is 4.74 Å². The van der Waals surface area contributed by atoms with E-state index in [1.165, 1.54) is 5.56 Å². The van der Waals surface area contributed by atoms with Crippen LogP contribution in [0.4, 0.5) is 0 Å². The first-order chi connectivity index (χ1) is 8.33. The number of Topliss-reactive ketones (excluding diaryl/α,β-unsaturated/α-hetero) is 1. The quantitative estimate of drug-likeness (QED) is 0.806. The van der Waals surface area contributed by atoms with Crippen LogP contribution < -0.4 is 4.74 Å². The van der Waals surface area contributed by atoms with Gasteiger partial charge in [-0.25, -0.2) is 0 Å². The molecule has 3 heteroatoms. The first-order valence-electron chi connectivity index (χ1n) is 5.67. The van der Waals surface area contributed by atoms with Crippen molar-refractivity contribution in [2.75, 3.05) is 0 Å². The van der Waals surface area contributed by atoms with Crippen LogP contribution in [-0.2, 0) is 17.6 Å². The Bertz CT molecular complexity index is 543. The van der Waals surface area contributed by atoms with Crippen molar-refractivity contribution in [3.63, 3.8) is 0 Å². The summed E-state index contributed by atoms with van der Waals surface area (Å²) in [6.07, 6.45) is 2.02. The molecule has 0 atom stereocenters. The predicted molar refractivity (Wildman–Crippen MR) is 67.9 cm³/mol. The second-order valence-corrected chi connectivity index (χ2v) is 5.05. The number of fused-ring (bicyclic) bond motifs is 1. The fourth-order valence-electron chi connectivity index (χ4n) is 2.13. The molecular formula is C14H12O2S. The van der Waals surface area contributed by atoms with Crippen molar-refractivity contribution in [2.24, 2.45) is 0 Å². The van der Waals surface area contributed by atoms with E-state index >= 15 is 0 Å². The zero-order valence-electron chi connectivity index (χ0n) is 9.31. The van der Waals surface area contributed by atoms with Crippen LogP contribution in [0.3, 0.4) is 0 Å². The minimum absolute atomic E-state index is 0.305. The standard InChI is InChI=1S/C14H12O2S/c15-11-7-6-10-3-1-4-13(12(10)9-11)16-14-5-2-8-17-14/h1-5,8H,6-7,9H2. The summed E-state index contributed by atoms with van der Waals surface area (Å²) >= 11 is 1.56. The summed E-state index contributed by atoms with van der Waals surface area (Å²) in [6.45, 7) is 0. The number of carbonyl (C=O) groups is 1. The lowest BCUT2D eigenvalue weighted by Gasteiger charge is -2.18. The highest BCUT2D eigenvalue weighted by atomic mass is 32.1. The van der Waals surface area contributed by atoms with Crippen molar-refractivity contribution >= 4 is 17.1 Å². The van der Waals surface area contributed by atoms with Crippen molar-refractivity contribution in [3.05, 3.63) is 46.8 Å². The van der Waals surface area contributed by atoms with Crippen molar-refractivity contribution in [3.8, 4) is 10.8 Å². The smallest absolute Gasteiger partial charge is 0.180 e. The van der Waals surface area contributed by atoms with Crippen LogP contribution in [0.15, 0.2) is 35.7 Å². The number of carbonyl (C=O) groups excluding carboxylic acids is 1. The first kappa shape index (κ1) is 10.5. The van der Waals surface area contributed by atoms with E-state index in [4.69, 9.17) is 4.74 Å². The van der Waals surface area contributed by atoms with Gasteiger partial charge in [0.25, 0.3) is 0 Å². The summed E-state index contributed by atoms with van der Waals surface area (Å²) in [5.74, 6) is 1.14. The maximum atomic E-state index is 11.5. The fourth-order valence-corrected chi connectivity index (χ4v) is 2.72. The fraction of sp³-hybridized carbons (Fsp3) is 0.214. The van der Waals surface area contributed by atoms with E-state index < -0.39 is 0 Å². The number of ketones is 1. The van der Waals surface area contributed by atoms with Crippen LogP contribution in [0, 0.1) is 0 Å². The number of aryl methyl sites for hydroxylation is 1. The van der Waals surface area contributed by atoms with Gasteiger partial charge in [0.1, 0.15) is 11.5 Å². The van der Waals surface area contributed by atoms with Crippen LogP contribution in [0.1, 0.15) is 17.5 Å². The second-order valence-electron chi connectivity index (χ2n) is 4.14. The Morgan fingerprint density at radius 3 is 2.88 bits per heavy atom. The third-order valence-electron chi connectivity index (χ3n) is 2.98. The van der Waals surface area contributed by atoms with E-state index in [1.807, 2.05) is 29.6 Å². The normalized spacial score (nSPS) is 14.5. The van der Waals surface area contributed by atoms with E-state index in [1.54, 1.807) is 11.3 Å². The maximum Gasteiger partial charge on any atom is 0.180 e. The molecule has 1 heterocycles. The average Bonchev–Trinajstić information content (AvgIpc) is 2.83. The molecule has 1 aliphatic carbocycles. The second kappa shape index (κ2) is 4.34. The molecule has 0 amide bonds. The zero-order chi connectivity index (χ0) is 11.7. The number of hydrogen-bond donors (Lipinski definition) is 0. The molecule has 3 rings (SSSR count). The van der Waals surface area contributed by atoms with E-state index in [2.05, 4.69) is 6.07 Å². The van der Waals surface area contributed by atoms with Crippen LogP contribution in [0.5, 0.6) is 10.8 Å². The molecule has 0 bridgehead atoms. The zero-order valence-corrected chi connectivity index (χ0v) is 10.1. The molecule has 0 N–H and O–H groups in total. The lowest BCUT2D eigenvalue weighted by atomic mass is 9.90. The van der Waals surface area contributed by atoms with Gasteiger partial charge in [0, 0.05) is 18.4 Å². The predicted octanol–water partition coefficient (Wildman–Crippen LogP) is 3.60. The van der Waals surface area contributed by atoms with Gasteiger partial charge in [-0.1, -0.05) is 12.1 Å². The molecule has 0 fully saturated rings. The van der Waals surface area contributed by atoms with Gasteiger partial charge in [0.15, 0.2) is 5.06 Å². The maximum absolute atomic E-state index is 11.5. The Morgan fingerprint density at radius 1 is 1.12 bits per heavy atom. The van der Waals surface area contributed by atoms with Crippen LogP contribution >= 0.6 is 11.3 Å². The molecule has 0 spiro atoms. The van der Waals surface area contributed by atoms with Gasteiger partial charge >= 0.3 is 0 Å². The van der Waals surface area contributed by atoms with Crippen molar-refractivity contribution < 1.29 is 9.53 Å². The average molecular weight is 244 g/mol. The number of thiophene rings is 1. The monoisotopic (exact) mass is 244 g/mol. The van der Waals surface area contributed by atoms with Gasteiger partial charge in [-0.05, 0) is 35.6 Å². The lowest BCUT2D eigenvalue weighted by Crippen LogP contribution is -2.13. The molecule has 1 aromatic carbocycles. The summed E-state index contributed by atoms with van der Waals surface area (Å²) in [7, 11) is 0. The van der Waals surface area contributed by atoms with Gasteiger partial charge in [-0.3, -0.25) is 4.79 Å². The SMILES string of the molecule is O=C1CCc2cccc(Oc3cccs3)c2C1. The van der Waals surface area contributed by atoms with E-state index in [-0.39, 0.29) is 0 Å². The van der Waals surface area contributed by atoms with Gasteiger partial charge in [-0.2, -0.15) is 0 Å². The molecule has 86 valence electrons. The van der Waals surface area contributed by atoms with Crippen LogP contribution in [0.2, 0.25) is 0 Å². The first-order valence-corrected chi connectivity index (χ1v) is 6.55. The molecule has 0 saturated heterocycles. The van der Waals surface area contributed by atoms with Gasteiger partial charge in [0.2, 0.25) is 0 Å². The van der Waals surface area contributed by atoms with E-state index in [0.29, 0.717) is 18.6 Å². The minimum Gasteiger partial charge on any atom is -0.446 e. The summed E-state index contributed by atoms with van der Waals surface area (Å²) in [5, 5.41) is 2.85. The topological polar surface area (TPSA) is 26.3 Å². The largest absolute Gasteiger partial charge is 0.446 e. The summed E-state index contributed by atoms with van der Waals surface area (Å²) < 4.78 is 5.83. The van der Waals surface area contributed by atoms with Gasteiger partial charge in [0.05, 0.1) is 0 Å². The van der Waals surface area contributed by atoms with Crippen molar-refractivity contribution in [1.82, 2.24) is 0 Å². The molecule has 0 unspecified atom stereocenters. The molecule has 1 aliphatic rings. The third kappa shape index (κ3) is 2.11. The summed E-state index contributed by atoms with van der Waals surface area (Å²) in [4.78, 5) is 11.5.